The standard InChI is InChI=1S/C21H21F4N5/c1-28-8-10-29(11-9-28)14-15-12-27-30(20(15)17-4-2-3-5-18(17)22)19-7-6-16(13-26-19)21(23,24)25/h2-7,12-13H,8-11,14H2,1H3. The lowest BCUT2D eigenvalue weighted by molar-refractivity contribution is -0.137. The van der Waals surface area contributed by atoms with Gasteiger partial charge in [-0.05, 0) is 31.3 Å². The fourth-order valence-corrected chi connectivity index (χ4v) is 3.54. The number of nitrogens with zero attached hydrogens (tertiary/aromatic N) is 5. The van der Waals surface area contributed by atoms with Crippen LogP contribution in [0.25, 0.3) is 17.1 Å². The molecule has 0 aliphatic carbocycles. The smallest absolute Gasteiger partial charge is 0.304 e. The zero-order valence-electron chi connectivity index (χ0n) is 16.4. The average Bonchev–Trinajstić information content (AvgIpc) is 3.13. The molecular formula is C21H21F4N5. The van der Waals surface area contributed by atoms with Gasteiger partial charge in [-0.3, -0.25) is 4.90 Å². The van der Waals surface area contributed by atoms with Gasteiger partial charge in [-0.1, -0.05) is 12.1 Å². The Kier molecular flexibility index (Phi) is 5.57. The van der Waals surface area contributed by atoms with Crippen molar-refractivity contribution in [3.05, 3.63) is 65.7 Å². The molecule has 0 atom stereocenters. The van der Waals surface area contributed by atoms with Crippen molar-refractivity contribution in [2.45, 2.75) is 12.7 Å². The van der Waals surface area contributed by atoms with Crippen LogP contribution in [-0.4, -0.2) is 57.8 Å². The van der Waals surface area contributed by atoms with E-state index in [2.05, 4.69) is 26.9 Å². The SMILES string of the molecule is CN1CCN(Cc2cnn(-c3ccc(C(F)(F)F)cn3)c2-c2ccccc2F)CC1. The summed E-state index contributed by atoms with van der Waals surface area (Å²) >= 11 is 0. The van der Waals surface area contributed by atoms with Crippen molar-refractivity contribution in [2.24, 2.45) is 0 Å². The van der Waals surface area contributed by atoms with Gasteiger partial charge in [0.25, 0.3) is 0 Å². The second kappa shape index (κ2) is 8.16. The molecule has 30 heavy (non-hydrogen) atoms. The molecule has 1 fully saturated rings. The Labute approximate surface area is 171 Å². The van der Waals surface area contributed by atoms with Crippen LogP contribution in [0.3, 0.4) is 0 Å². The van der Waals surface area contributed by atoms with E-state index in [1.54, 1.807) is 24.4 Å². The van der Waals surface area contributed by atoms with E-state index in [0.29, 0.717) is 17.8 Å². The van der Waals surface area contributed by atoms with Gasteiger partial charge in [-0.25, -0.2) is 14.1 Å². The van der Waals surface area contributed by atoms with E-state index in [0.717, 1.165) is 44.0 Å². The highest BCUT2D eigenvalue weighted by atomic mass is 19.4. The Morgan fingerprint density at radius 2 is 1.70 bits per heavy atom. The maximum absolute atomic E-state index is 14.6. The van der Waals surface area contributed by atoms with Crippen molar-refractivity contribution in [2.75, 3.05) is 33.2 Å². The van der Waals surface area contributed by atoms with Crippen molar-refractivity contribution in [3.8, 4) is 17.1 Å². The molecule has 1 aliphatic heterocycles. The maximum Gasteiger partial charge on any atom is 0.417 e. The fraction of sp³-hybridized carbons (Fsp3) is 0.333. The molecule has 9 heteroatoms. The van der Waals surface area contributed by atoms with Crippen molar-refractivity contribution in [1.82, 2.24) is 24.6 Å². The summed E-state index contributed by atoms with van der Waals surface area (Å²) in [4.78, 5) is 8.43. The van der Waals surface area contributed by atoms with Gasteiger partial charge in [-0.15, -0.1) is 0 Å². The number of halogens is 4. The number of alkyl halides is 3. The molecule has 2 aromatic heterocycles. The number of rotatable bonds is 4. The molecular weight excluding hydrogens is 398 g/mol. The van der Waals surface area contributed by atoms with Crippen LogP contribution < -0.4 is 0 Å². The third-order valence-corrected chi connectivity index (χ3v) is 5.26. The molecule has 0 unspecified atom stereocenters. The van der Waals surface area contributed by atoms with Gasteiger partial charge in [-0.2, -0.15) is 18.3 Å². The summed E-state index contributed by atoms with van der Waals surface area (Å²) in [5.74, 6) is -0.225. The second-order valence-electron chi connectivity index (χ2n) is 7.39. The third-order valence-electron chi connectivity index (χ3n) is 5.26. The van der Waals surface area contributed by atoms with E-state index >= 15 is 0 Å². The zero-order chi connectivity index (χ0) is 21.3. The Balaban J connectivity index is 1.74. The Morgan fingerprint density at radius 3 is 2.33 bits per heavy atom. The normalized spacial score (nSPS) is 16.2. The van der Waals surface area contributed by atoms with Gasteiger partial charge in [0, 0.05) is 50.0 Å². The highest BCUT2D eigenvalue weighted by Crippen LogP contribution is 2.31. The predicted molar refractivity (Wildman–Crippen MR) is 105 cm³/mol. The zero-order valence-corrected chi connectivity index (χ0v) is 16.4. The van der Waals surface area contributed by atoms with E-state index in [1.807, 2.05) is 0 Å². The summed E-state index contributed by atoms with van der Waals surface area (Å²) in [7, 11) is 2.07. The van der Waals surface area contributed by atoms with Gasteiger partial charge >= 0.3 is 6.18 Å². The van der Waals surface area contributed by atoms with Gasteiger partial charge in [0.05, 0.1) is 17.5 Å². The summed E-state index contributed by atoms with van der Waals surface area (Å²) in [6, 6.07) is 8.51. The van der Waals surface area contributed by atoms with Crippen LogP contribution in [0.15, 0.2) is 48.8 Å². The van der Waals surface area contributed by atoms with Crippen molar-refractivity contribution < 1.29 is 17.6 Å². The second-order valence-corrected chi connectivity index (χ2v) is 7.39. The van der Waals surface area contributed by atoms with Crippen LogP contribution in [0.4, 0.5) is 17.6 Å². The minimum absolute atomic E-state index is 0.200. The number of pyridine rings is 1. The first-order valence-corrected chi connectivity index (χ1v) is 9.59. The van der Waals surface area contributed by atoms with Crippen LogP contribution in [0.1, 0.15) is 11.1 Å². The molecule has 1 aliphatic rings. The summed E-state index contributed by atoms with van der Waals surface area (Å²) in [5, 5.41) is 4.35. The molecule has 0 radical (unpaired) electrons. The molecule has 0 amide bonds. The Bertz CT molecular complexity index is 1000. The molecule has 0 N–H and O–H groups in total. The summed E-state index contributed by atoms with van der Waals surface area (Å²) in [6.45, 7) is 4.18. The molecule has 158 valence electrons. The lowest BCUT2D eigenvalue weighted by Gasteiger charge is -2.32. The van der Waals surface area contributed by atoms with E-state index in [9.17, 15) is 17.6 Å². The molecule has 4 rings (SSSR count). The van der Waals surface area contributed by atoms with Crippen molar-refractivity contribution in [3.63, 3.8) is 0 Å². The monoisotopic (exact) mass is 419 g/mol. The number of benzene rings is 1. The molecule has 1 saturated heterocycles. The fourth-order valence-electron chi connectivity index (χ4n) is 3.54. The minimum atomic E-state index is -4.48. The summed E-state index contributed by atoms with van der Waals surface area (Å²) in [5.41, 5.74) is 0.787. The van der Waals surface area contributed by atoms with Crippen LogP contribution >= 0.6 is 0 Å². The number of hydrogen-bond donors (Lipinski definition) is 0. The molecule has 0 spiro atoms. The highest BCUT2D eigenvalue weighted by molar-refractivity contribution is 5.66. The Morgan fingerprint density at radius 1 is 0.967 bits per heavy atom. The molecule has 3 heterocycles. The van der Waals surface area contributed by atoms with Crippen molar-refractivity contribution in [1.29, 1.82) is 0 Å². The number of likely N-dealkylation sites (N-methyl/N-ethyl adjacent to an activating group) is 1. The number of aromatic nitrogens is 3. The first kappa shape index (κ1) is 20.5. The van der Waals surface area contributed by atoms with Gasteiger partial charge in [0.2, 0.25) is 0 Å². The Hall–Kier alpha value is -2.78. The first-order chi connectivity index (χ1) is 14.3. The van der Waals surface area contributed by atoms with Crippen LogP contribution in [0.2, 0.25) is 0 Å². The lowest BCUT2D eigenvalue weighted by atomic mass is 10.1. The van der Waals surface area contributed by atoms with E-state index in [1.165, 1.54) is 16.8 Å². The quantitative estimate of drug-likeness (QED) is 0.603. The topological polar surface area (TPSA) is 37.2 Å². The van der Waals surface area contributed by atoms with Crippen LogP contribution in [0.5, 0.6) is 0 Å². The molecule has 0 bridgehead atoms. The lowest BCUT2D eigenvalue weighted by Crippen LogP contribution is -2.43. The van der Waals surface area contributed by atoms with Gasteiger partial charge in [0.1, 0.15) is 5.82 Å². The number of piperazine rings is 1. The predicted octanol–water partition coefficient (Wildman–Crippen LogP) is 3.84. The summed E-state index contributed by atoms with van der Waals surface area (Å²) < 4.78 is 54.7. The van der Waals surface area contributed by atoms with Crippen LogP contribution in [-0.2, 0) is 12.7 Å². The van der Waals surface area contributed by atoms with Gasteiger partial charge < -0.3 is 4.90 Å². The highest BCUT2D eigenvalue weighted by Gasteiger charge is 2.31. The summed E-state index contributed by atoms with van der Waals surface area (Å²) in [6.07, 6.45) is -2.07. The maximum atomic E-state index is 14.6. The molecule has 3 aromatic rings. The van der Waals surface area contributed by atoms with E-state index in [4.69, 9.17) is 0 Å². The average molecular weight is 419 g/mol. The molecule has 0 saturated carbocycles. The molecule has 1 aromatic carbocycles. The van der Waals surface area contributed by atoms with Gasteiger partial charge in [0.15, 0.2) is 5.82 Å². The van der Waals surface area contributed by atoms with E-state index in [-0.39, 0.29) is 5.82 Å². The largest absolute Gasteiger partial charge is 0.417 e. The third kappa shape index (κ3) is 4.22. The van der Waals surface area contributed by atoms with Crippen LogP contribution in [0, 0.1) is 5.82 Å². The van der Waals surface area contributed by atoms with E-state index < -0.39 is 17.6 Å². The number of hydrogen-bond acceptors (Lipinski definition) is 4. The molecule has 5 nitrogen and oxygen atoms in total. The minimum Gasteiger partial charge on any atom is -0.304 e. The first-order valence-electron chi connectivity index (χ1n) is 9.59. The van der Waals surface area contributed by atoms with Crippen molar-refractivity contribution >= 4 is 0 Å².